The molecule has 1 aliphatic carbocycles. The molecule has 10 heteroatoms. The van der Waals surface area contributed by atoms with Gasteiger partial charge in [0.2, 0.25) is 0 Å². The molecule has 0 spiro atoms. The van der Waals surface area contributed by atoms with Crippen molar-refractivity contribution in [2.75, 3.05) is 39.4 Å². The molecule has 2 unspecified atom stereocenters. The fraction of sp³-hybridized carbons (Fsp3) is 0.409. The molecular formula is C22H24ClF3N4O2. The maximum absolute atomic E-state index is 12.7. The Kier molecular flexibility index (Phi) is 6.73. The Morgan fingerprint density at radius 1 is 1.25 bits per heavy atom. The first-order chi connectivity index (χ1) is 15.3. The van der Waals surface area contributed by atoms with Gasteiger partial charge in [-0.25, -0.2) is 4.98 Å². The summed E-state index contributed by atoms with van der Waals surface area (Å²) in [4.78, 5) is 6.99. The highest BCUT2D eigenvalue weighted by Gasteiger charge is 2.41. The van der Waals surface area contributed by atoms with Crippen LogP contribution in [0.3, 0.4) is 0 Å². The number of nitrogens with zero attached hydrogens (tertiary/aromatic N) is 2. The van der Waals surface area contributed by atoms with Crippen LogP contribution in [0.15, 0.2) is 54.3 Å². The van der Waals surface area contributed by atoms with E-state index in [1.165, 1.54) is 12.2 Å². The molecule has 4 rings (SSSR count). The van der Waals surface area contributed by atoms with Gasteiger partial charge in [-0.15, -0.1) is 13.2 Å². The first-order valence-corrected chi connectivity index (χ1v) is 10.7. The molecule has 2 aromatic rings. The van der Waals surface area contributed by atoms with Crippen LogP contribution in [0.1, 0.15) is 5.69 Å². The number of pyridine rings is 1. The van der Waals surface area contributed by atoms with E-state index in [0.29, 0.717) is 36.0 Å². The van der Waals surface area contributed by atoms with Crippen LogP contribution in [-0.4, -0.2) is 61.7 Å². The molecule has 0 amide bonds. The topological polar surface area (TPSA) is 72.6 Å². The molecule has 1 fully saturated rings. The fourth-order valence-corrected chi connectivity index (χ4v) is 4.22. The van der Waals surface area contributed by atoms with Crippen molar-refractivity contribution in [1.29, 1.82) is 0 Å². The third kappa shape index (κ3) is 5.07. The average molecular weight is 469 g/mol. The average Bonchev–Trinajstić information content (AvgIpc) is 2.75. The van der Waals surface area contributed by atoms with Crippen molar-refractivity contribution < 1.29 is 22.6 Å². The van der Waals surface area contributed by atoms with Gasteiger partial charge in [0.25, 0.3) is 0 Å². The van der Waals surface area contributed by atoms with E-state index >= 15 is 0 Å². The van der Waals surface area contributed by atoms with E-state index in [1.54, 1.807) is 12.1 Å². The summed E-state index contributed by atoms with van der Waals surface area (Å²) >= 11 is 6.34. The maximum atomic E-state index is 12.7. The quantitative estimate of drug-likeness (QED) is 0.677. The number of ether oxygens (including phenoxy) is 2. The van der Waals surface area contributed by atoms with Gasteiger partial charge < -0.3 is 20.5 Å². The predicted molar refractivity (Wildman–Crippen MR) is 116 cm³/mol. The molecule has 1 aromatic heterocycles. The van der Waals surface area contributed by atoms with Crippen LogP contribution < -0.4 is 11.1 Å². The first-order valence-electron chi connectivity index (χ1n) is 10.3. The van der Waals surface area contributed by atoms with E-state index in [-0.39, 0.29) is 5.76 Å². The number of benzene rings is 1. The van der Waals surface area contributed by atoms with Crippen molar-refractivity contribution in [1.82, 2.24) is 15.2 Å². The molecule has 2 atom stereocenters. The van der Waals surface area contributed by atoms with Crippen molar-refractivity contribution in [3.8, 4) is 0 Å². The van der Waals surface area contributed by atoms with E-state index < -0.39 is 17.9 Å². The van der Waals surface area contributed by atoms with Gasteiger partial charge >= 0.3 is 6.36 Å². The van der Waals surface area contributed by atoms with Gasteiger partial charge in [-0.1, -0.05) is 35.9 Å². The van der Waals surface area contributed by atoms with Gasteiger partial charge in [0.05, 0.1) is 41.0 Å². The monoisotopic (exact) mass is 468 g/mol. The van der Waals surface area contributed by atoms with Gasteiger partial charge in [-0.2, -0.15) is 0 Å². The van der Waals surface area contributed by atoms with Crippen LogP contribution in [0.4, 0.5) is 13.2 Å². The highest BCUT2D eigenvalue weighted by molar-refractivity contribution is 6.35. The molecule has 2 aliphatic rings. The summed E-state index contributed by atoms with van der Waals surface area (Å²) in [6.07, 6.45) is -0.678. The van der Waals surface area contributed by atoms with Crippen LogP contribution in [-0.2, 0) is 15.0 Å². The minimum absolute atomic E-state index is 0.352. The Morgan fingerprint density at radius 2 is 2.03 bits per heavy atom. The summed E-state index contributed by atoms with van der Waals surface area (Å²) in [6.45, 7) is 4.28. The number of halogens is 4. The minimum Gasteiger partial charge on any atom is -0.406 e. The normalized spacial score (nSPS) is 24.5. The van der Waals surface area contributed by atoms with Crippen molar-refractivity contribution in [3.63, 3.8) is 0 Å². The minimum atomic E-state index is -4.80. The molecule has 3 N–H and O–H groups in total. The molecule has 1 aliphatic heterocycles. The van der Waals surface area contributed by atoms with E-state index in [0.717, 1.165) is 25.0 Å². The number of allylic oxidation sites excluding steroid dienone is 1. The SMILES string of the molecule is NC1C=C(OC(F)(F)F)C=CC1(NCCN1CCOCC1)c1ccc2cccc(Cl)c2n1. The van der Waals surface area contributed by atoms with E-state index in [1.807, 2.05) is 24.3 Å². The Labute approximate surface area is 188 Å². The lowest BCUT2D eigenvalue weighted by Gasteiger charge is -2.39. The number of morpholine rings is 1. The Balaban J connectivity index is 1.64. The highest BCUT2D eigenvalue weighted by atomic mass is 35.5. The second-order valence-electron chi connectivity index (χ2n) is 7.73. The summed E-state index contributed by atoms with van der Waals surface area (Å²) < 4.78 is 47.6. The molecule has 1 saturated heterocycles. The van der Waals surface area contributed by atoms with Gasteiger partial charge in [0.1, 0.15) is 5.76 Å². The third-order valence-electron chi connectivity index (χ3n) is 5.66. The summed E-state index contributed by atoms with van der Waals surface area (Å²) in [5.74, 6) is -0.352. The Bertz CT molecular complexity index is 1020. The molecule has 6 nitrogen and oxygen atoms in total. The van der Waals surface area contributed by atoms with Gasteiger partial charge in [-0.3, -0.25) is 4.90 Å². The lowest BCUT2D eigenvalue weighted by Crippen LogP contribution is -2.56. The number of hydrogen-bond donors (Lipinski definition) is 2. The number of hydrogen-bond acceptors (Lipinski definition) is 6. The number of nitrogens with one attached hydrogen (secondary N) is 1. The van der Waals surface area contributed by atoms with Crippen molar-refractivity contribution in [3.05, 3.63) is 65.0 Å². The summed E-state index contributed by atoms with van der Waals surface area (Å²) in [7, 11) is 0. The number of alkyl halides is 3. The number of fused-ring (bicyclic) bond motifs is 1. The number of aromatic nitrogens is 1. The van der Waals surface area contributed by atoms with E-state index in [4.69, 9.17) is 27.1 Å². The lowest BCUT2D eigenvalue weighted by atomic mass is 9.82. The molecule has 32 heavy (non-hydrogen) atoms. The summed E-state index contributed by atoms with van der Waals surface area (Å²) in [5, 5.41) is 4.78. The molecule has 2 heterocycles. The zero-order valence-corrected chi connectivity index (χ0v) is 18.0. The second kappa shape index (κ2) is 9.36. The van der Waals surface area contributed by atoms with Gasteiger partial charge in [-0.05, 0) is 24.3 Å². The lowest BCUT2D eigenvalue weighted by molar-refractivity contribution is -0.303. The predicted octanol–water partition coefficient (Wildman–Crippen LogP) is 3.32. The second-order valence-corrected chi connectivity index (χ2v) is 8.14. The summed E-state index contributed by atoms with van der Waals surface area (Å²) in [6, 6.07) is 8.29. The van der Waals surface area contributed by atoms with Gasteiger partial charge in [0, 0.05) is 31.6 Å². The van der Waals surface area contributed by atoms with Crippen LogP contribution in [0, 0.1) is 0 Å². The standard InChI is InChI=1S/C22H24ClF3N4O2/c23-17-3-1-2-15-4-5-19(29-20(15)17)21(28-8-9-30-10-12-31-13-11-30)7-6-16(14-18(21)27)32-22(24,25)26/h1-7,14,18,28H,8-13,27H2. The molecule has 0 bridgehead atoms. The molecule has 0 saturated carbocycles. The van der Waals surface area contributed by atoms with Crippen LogP contribution >= 0.6 is 11.6 Å². The zero-order chi connectivity index (χ0) is 22.8. The fourth-order valence-electron chi connectivity index (χ4n) is 4.00. The Morgan fingerprint density at radius 3 is 2.75 bits per heavy atom. The van der Waals surface area contributed by atoms with E-state index in [9.17, 15) is 13.2 Å². The van der Waals surface area contributed by atoms with Crippen molar-refractivity contribution >= 4 is 22.5 Å². The van der Waals surface area contributed by atoms with Crippen LogP contribution in [0.2, 0.25) is 5.02 Å². The maximum Gasteiger partial charge on any atom is 0.573 e. The number of rotatable bonds is 6. The largest absolute Gasteiger partial charge is 0.573 e. The Hall–Kier alpha value is -2.17. The molecule has 172 valence electrons. The van der Waals surface area contributed by atoms with Crippen molar-refractivity contribution in [2.45, 2.75) is 17.9 Å². The molecule has 0 radical (unpaired) electrons. The highest BCUT2D eigenvalue weighted by Crippen LogP contribution is 2.34. The number of para-hydroxylation sites is 1. The molecule has 1 aromatic carbocycles. The molecular weight excluding hydrogens is 445 g/mol. The third-order valence-corrected chi connectivity index (χ3v) is 5.96. The van der Waals surface area contributed by atoms with Crippen LogP contribution in [0.25, 0.3) is 10.9 Å². The zero-order valence-electron chi connectivity index (χ0n) is 17.2. The van der Waals surface area contributed by atoms with E-state index in [2.05, 4.69) is 15.0 Å². The van der Waals surface area contributed by atoms with Crippen molar-refractivity contribution in [2.24, 2.45) is 5.73 Å². The first kappa shape index (κ1) is 23.0. The van der Waals surface area contributed by atoms with Crippen LogP contribution in [0.5, 0.6) is 0 Å². The van der Waals surface area contributed by atoms with Gasteiger partial charge in [0.15, 0.2) is 0 Å². The number of nitrogens with two attached hydrogens (primary N) is 1. The summed E-state index contributed by atoms with van der Waals surface area (Å²) in [5.41, 5.74) is 6.54. The smallest absolute Gasteiger partial charge is 0.406 e.